The number of amides is 1. The summed E-state index contributed by atoms with van der Waals surface area (Å²) in [6, 6.07) is 6.66. The minimum absolute atomic E-state index is 0.0496. The van der Waals surface area contributed by atoms with Crippen molar-refractivity contribution in [2.24, 2.45) is 0 Å². The molecule has 1 amide bonds. The molecular formula is C19H20ClFN2O5S. The average molecular weight is 443 g/mol. The van der Waals surface area contributed by atoms with Crippen molar-refractivity contribution >= 4 is 27.5 Å². The van der Waals surface area contributed by atoms with Crippen LogP contribution in [0.15, 0.2) is 45.9 Å². The fourth-order valence-corrected chi connectivity index (χ4v) is 5.55. The highest BCUT2D eigenvalue weighted by molar-refractivity contribution is 7.89. The summed E-state index contributed by atoms with van der Waals surface area (Å²) in [4.78, 5) is 14.1. The van der Waals surface area contributed by atoms with Gasteiger partial charge in [0.25, 0.3) is 5.91 Å². The molecule has 2 aliphatic rings. The number of sulfonamides is 1. The van der Waals surface area contributed by atoms with Gasteiger partial charge in [-0.25, -0.2) is 12.8 Å². The molecule has 0 saturated carbocycles. The van der Waals surface area contributed by atoms with Crippen molar-refractivity contribution in [2.45, 2.75) is 23.3 Å². The van der Waals surface area contributed by atoms with E-state index in [2.05, 4.69) is 0 Å². The van der Waals surface area contributed by atoms with Gasteiger partial charge in [-0.05, 0) is 43.2 Å². The van der Waals surface area contributed by atoms with Crippen LogP contribution in [-0.2, 0) is 14.8 Å². The van der Waals surface area contributed by atoms with Gasteiger partial charge >= 0.3 is 0 Å². The van der Waals surface area contributed by atoms with E-state index in [0.717, 1.165) is 12.1 Å². The largest absolute Gasteiger partial charge is 0.459 e. The monoisotopic (exact) mass is 442 g/mol. The smallest absolute Gasteiger partial charge is 0.289 e. The van der Waals surface area contributed by atoms with Crippen molar-refractivity contribution in [1.29, 1.82) is 0 Å². The van der Waals surface area contributed by atoms with E-state index >= 15 is 0 Å². The Morgan fingerprint density at radius 1 is 1.17 bits per heavy atom. The third kappa shape index (κ3) is 3.92. The van der Waals surface area contributed by atoms with Gasteiger partial charge in [0, 0.05) is 26.2 Å². The lowest BCUT2D eigenvalue weighted by molar-refractivity contribution is -0.115. The van der Waals surface area contributed by atoms with Crippen LogP contribution in [-0.4, -0.2) is 61.9 Å². The van der Waals surface area contributed by atoms with Gasteiger partial charge in [0.15, 0.2) is 5.76 Å². The molecule has 7 nitrogen and oxygen atoms in total. The lowest BCUT2D eigenvalue weighted by Gasteiger charge is -2.46. The zero-order valence-electron chi connectivity index (χ0n) is 15.5. The molecule has 10 heteroatoms. The highest BCUT2D eigenvalue weighted by atomic mass is 35.5. The van der Waals surface area contributed by atoms with Crippen LogP contribution in [0, 0.1) is 5.82 Å². The number of hydrogen-bond donors (Lipinski definition) is 0. The standard InChI is InChI=1S/C19H20ClFN2O5S/c20-15-12-14(3-4-16(15)21)29(25,26)23-9-11-28-19(13-23)5-7-22(8-6-19)18(24)17-2-1-10-27-17/h1-4,10,12H,5-9,11,13H2. The normalized spacial score (nSPS) is 20.1. The first-order chi connectivity index (χ1) is 13.8. The topological polar surface area (TPSA) is 80.1 Å². The molecule has 1 spiro atoms. The maximum Gasteiger partial charge on any atom is 0.289 e. The van der Waals surface area contributed by atoms with Crippen molar-refractivity contribution in [2.75, 3.05) is 32.8 Å². The van der Waals surface area contributed by atoms with Gasteiger partial charge in [-0.15, -0.1) is 0 Å². The number of nitrogens with zero attached hydrogens (tertiary/aromatic N) is 2. The van der Waals surface area contributed by atoms with E-state index in [1.54, 1.807) is 17.0 Å². The first-order valence-corrected chi connectivity index (χ1v) is 11.0. The van der Waals surface area contributed by atoms with E-state index in [-0.39, 0.29) is 41.3 Å². The third-order valence-corrected chi connectivity index (χ3v) is 7.57. The van der Waals surface area contributed by atoms with Gasteiger partial charge in [0.05, 0.1) is 28.4 Å². The van der Waals surface area contributed by atoms with Gasteiger partial charge < -0.3 is 14.1 Å². The SMILES string of the molecule is O=C(c1ccco1)N1CCC2(CC1)CN(S(=O)(=O)c1ccc(F)c(Cl)c1)CCO2. The summed E-state index contributed by atoms with van der Waals surface area (Å²) < 4.78 is 51.9. The Labute approximate surface area is 173 Å². The number of carbonyl (C=O) groups is 1. The Bertz CT molecular complexity index is 1000. The van der Waals surface area contributed by atoms with E-state index in [9.17, 15) is 17.6 Å². The Morgan fingerprint density at radius 2 is 1.93 bits per heavy atom. The number of halogens is 2. The quantitative estimate of drug-likeness (QED) is 0.730. The molecule has 2 aliphatic heterocycles. The predicted molar refractivity (Wildman–Crippen MR) is 103 cm³/mol. The highest BCUT2D eigenvalue weighted by Gasteiger charge is 2.44. The molecule has 0 unspecified atom stereocenters. The second-order valence-electron chi connectivity index (χ2n) is 7.22. The summed E-state index contributed by atoms with van der Waals surface area (Å²) in [6.07, 6.45) is 2.47. The molecule has 2 fully saturated rings. The summed E-state index contributed by atoms with van der Waals surface area (Å²) in [5, 5.41) is -0.237. The molecule has 1 aromatic carbocycles. The van der Waals surface area contributed by atoms with Gasteiger partial charge in [-0.2, -0.15) is 4.31 Å². The van der Waals surface area contributed by atoms with Crippen LogP contribution in [0.1, 0.15) is 23.4 Å². The fourth-order valence-electron chi connectivity index (χ4n) is 3.78. The Kier molecular flexibility index (Phi) is 5.41. The van der Waals surface area contributed by atoms with E-state index in [0.29, 0.717) is 25.9 Å². The summed E-state index contributed by atoms with van der Waals surface area (Å²) in [5.41, 5.74) is -0.658. The first-order valence-electron chi connectivity index (χ1n) is 9.23. The predicted octanol–water partition coefficient (Wildman–Crippen LogP) is 2.77. The number of hydrogen-bond acceptors (Lipinski definition) is 5. The highest BCUT2D eigenvalue weighted by Crippen LogP contribution is 2.33. The van der Waals surface area contributed by atoms with Gasteiger partial charge in [-0.1, -0.05) is 11.6 Å². The minimum Gasteiger partial charge on any atom is -0.459 e. The molecule has 3 heterocycles. The molecule has 29 heavy (non-hydrogen) atoms. The van der Waals surface area contributed by atoms with Gasteiger partial charge in [-0.3, -0.25) is 4.79 Å². The number of rotatable bonds is 3. The number of benzene rings is 1. The van der Waals surface area contributed by atoms with Crippen LogP contribution in [0.25, 0.3) is 0 Å². The van der Waals surface area contributed by atoms with E-state index in [1.165, 1.54) is 16.6 Å². The van der Waals surface area contributed by atoms with Crippen LogP contribution in [0.4, 0.5) is 4.39 Å². The maximum absolute atomic E-state index is 13.4. The van der Waals surface area contributed by atoms with E-state index in [1.807, 2.05) is 0 Å². The molecule has 1 aromatic heterocycles. The van der Waals surface area contributed by atoms with Crippen molar-refractivity contribution in [3.05, 3.63) is 53.2 Å². The van der Waals surface area contributed by atoms with Crippen LogP contribution >= 0.6 is 11.6 Å². The number of morpholine rings is 1. The fraction of sp³-hybridized carbons (Fsp3) is 0.421. The molecule has 0 aliphatic carbocycles. The molecule has 2 saturated heterocycles. The molecule has 0 bridgehead atoms. The summed E-state index contributed by atoms with van der Waals surface area (Å²) >= 11 is 5.76. The van der Waals surface area contributed by atoms with Crippen LogP contribution in [0.5, 0.6) is 0 Å². The van der Waals surface area contributed by atoms with Crippen molar-refractivity contribution in [3.63, 3.8) is 0 Å². The van der Waals surface area contributed by atoms with Gasteiger partial charge in [0.2, 0.25) is 10.0 Å². The zero-order valence-corrected chi connectivity index (χ0v) is 17.1. The second-order valence-corrected chi connectivity index (χ2v) is 9.56. The lowest BCUT2D eigenvalue weighted by Crippen LogP contribution is -2.58. The van der Waals surface area contributed by atoms with Crippen molar-refractivity contribution < 1.29 is 26.8 Å². The summed E-state index contributed by atoms with van der Waals surface area (Å²) in [6.45, 7) is 1.51. The number of ether oxygens (including phenoxy) is 1. The molecule has 0 atom stereocenters. The van der Waals surface area contributed by atoms with E-state index < -0.39 is 21.4 Å². The number of piperidine rings is 1. The summed E-state index contributed by atoms with van der Waals surface area (Å²) in [5.74, 6) is -0.577. The Balaban J connectivity index is 1.47. The molecule has 2 aromatic rings. The van der Waals surface area contributed by atoms with E-state index in [4.69, 9.17) is 20.8 Å². The number of likely N-dealkylation sites (tertiary alicyclic amines) is 1. The molecular weight excluding hydrogens is 423 g/mol. The number of furan rings is 1. The number of carbonyl (C=O) groups excluding carboxylic acids is 1. The van der Waals surface area contributed by atoms with Crippen LogP contribution in [0.2, 0.25) is 5.02 Å². The zero-order chi connectivity index (χ0) is 20.6. The maximum atomic E-state index is 13.4. The lowest BCUT2D eigenvalue weighted by atomic mass is 9.90. The van der Waals surface area contributed by atoms with Crippen molar-refractivity contribution in [1.82, 2.24) is 9.21 Å². The van der Waals surface area contributed by atoms with Crippen LogP contribution in [0.3, 0.4) is 0 Å². The molecule has 4 rings (SSSR count). The second kappa shape index (κ2) is 7.71. The van der Waals surface area contributed by atoms with Gasteiger partial charge in [0.1, 0.15) is 5.82 Å². The molecule has 0 N–H and O–H groups in total. The molecule has 156 valence electrons. The first kappa shape index (κ1) is 20.3. The van der Waals surface area contributed by atoms with Crippen LogP contribution < -0.4 is 0 Å². The Hall–Kier alpha value is -1.94. The third-order valence-electron chi connectivity index (χ3n) is 5.44. The van der Waals surface area contributed by atoms with Crippen molar-refractivity contribution in [3.8, 4) is 0 Å². The summed E-state index contributed by atoms with van der Waals surface area (Å²) in [7, 11) is -3.84. The average Bonchev–Trinajstić information content (AvgIpc) is 3.25. The minimum atomic E-state index is -3.84. The molecule has 0 radical (unpaired) electrons. The Morgan fingerprint density at radius 3 is 2.59 bits per heavy atom.